The van der Waals surface area contributed by atoms with Crippen molar-refractivity contribution in [2.24, 2.45) is 0 Å². The summed E-state index contributed by atoms with van der Waals surface area (Å²) in [6.07, 6.45) is 3.54. The summed E-state index contributed by atoms with van der Waals surface area (Å²) in [5.41, 5.74) is 3.67. The van der Waals surface area contributed by atoms with Crippen LogP contribution in [0, 0.1) is 6.92 Å². The van der Waals surface area contributed by atoms with E-state index in [1.165, 1.54) is 29.7 Å². The molecule has 1 saturated heterocycles. The molecule has 4 heteroatoms. The van der Waals surface area contributed by atoms with E-state index < -0.39 is 0 Å². The van der Waals surface area contributed by atoms with Crippen LogP contribution in [0.2, 0.25) is 0 Å². The summed E-state index contributed by atoms with van der Waals surface area (Å²) in [6, 6.07) is 6.51. The molecule has 102 valence electrons. The summed E-state index contributed by atoms with van der Waals surface area (Å²) >= 11 is 8.02. The van der Waals surface area contributed by atoms with E-state index in [1.54, 1.807) is 0 Å². The number of nitrogens with zero attached hydrogens (tertiary/aromatic N) is 2. The first-order chi connectivity index (χ1) is 9.28. The van der Waals surface area contributed by atoms with Crippen molar-refractivity contribution in [3.8, 4) is 0 Å². The summed E-state index contributed by atoms with van der Waals surface area (Å²) in [7, 11) is 0. The van der Waals surface area contributed by atoms with E-state index in [-0.39, 0.29) is 0 Å². The van der Waals surface area contributed by atoms with Gasteiger partial charge in [0.15, 0.2) is 0 Å². The minimum absolute atomic E-state index is 0.639. The van der Waals surface area contributed by atoms with Crippen molar-refractivity contribution in [3.05, 3.63) is 29.6 Å². The van der Waals surface area contributed by atoms with Gasteiger partial charge in [-0.2, -0.15) is 11.8 Å². The van der Waals surface area contributed by atoms with Crippen molar-refractivity contribution in [1.29, 1.82) is 0 Å². The largest absolute Gasteiger partial charge is 0.327 e. The molecule has 0 spiro atoms. The van der Waals surface area contributed by atoms with Crippen molar-refractivity contribution in [2.45, 2.75) is 38.0 Å². The van der Waals surface area contributed by atoms with Gasteiger partial charge in [0.25, 0.3) is 0 Å². The van der Waals surface area contributed by atoms with E-state index >= 15 is 0 Å². The quantitative estimate of drug-likeness (QED) is 0.793. The first-order valence-corrected chi connectivity index (χ1v) is 8.49. The molecule has 2 aromatic rings. The predicted molar refractivity (Wildman–Crippen MR) is 84.4 cm³/mol. The van der Waals surface area contributed by atoms with Gasteiger partial charge in [0.2, 0.25) is 0 Å². The molecule has 0 saturated carbocycles. The number of alkyl halides is 1. The van der Waals surface area contributed by atoms with Crippen LogP contribution in [-0.4, -0.2) is 26.4 Å². The predicted octanol–water partition coefficient (Wildman–Crippen LogP) is 4.02. The Balaban J connectivity index is 2.01. The number of thioether (sulfide) groups is 1. The zero-order valence-corrected chi connectivity index (χ0v) is 12.8. The summed E-state index contributed by atoms with van der Waals surface area (Å²) in [5, 5.41) is 0.743. The zero-order chi connectivity index (χ0) is 13.2. The highest BCUT2D eigenvalue weighted by Gasteiger charge is 2.19. The van der Waals surface area contributed by atoms with Crippen LogP contribution in [0.1, 0.15) is 24.2 Å². The first-order valence-electron chi connectivity index (χ1n) is 6.91. The third kappa shape index (κ3) is 2.77. The maximum atomic E-state index is 5.92. The van der Waals surface area contributed by atoms with Crippen molar-refractivity contribution < 1.29 is 0 Å². The molecule has 1 aromatic carbocycles. The lowest BCUT2D eigenvalue weighted by molar-refractivity contribution is 0.627. The van der Waals surface area contributed by atoms with Crippen molar-refractivity contribution >= 4 is 34.4 Å². The monoisotopic (exact) mass is 294 g/mol. The molecule has 0 aliphatic carbocycles. The van der Waals surface area contributed by atoms with Gasteiger partial charge in [-0.25, -0.2) is 4.98 Å². The molecule has 0 bridgehead atoms. The standard InChI is InChI=1S/C15H19ClN2S/c1-11-4-5-13-14(9-11)18(15(17-13)6-7-16)10-12-3-2-8-19-12/h4-5,9,12H,2-3,6-8,10H2,1H3. The fraction of sp³-hybridized carbons (Fsp3) is 0.533. The van der Waals surface area contributed by atoms with Gasteiger partial charge in [-0.1, -0.05) is 6.07 Å². The smallest absolute Gasteiger partial charge is 0.111 e. The highest BCUT2D eigenvalue weighted by Crippen LogP contribution is 2.29. The van der Waals surface area contributed by atoms with E-state index in [4.69, 9.17) is 16.6 Å². The normalized spacial score (nSPS) is 19.4. The molecule has 0 N–H and O–H groups in total. The fourth-order valence-corrected chi connectivity index (χ4v) is 4.18. The number of rotatable bonds is 4. The van der Waals surface area contributed by atoms with E-state index in [9.17, 15) is 0 Å². The van der Waals surface area contributed by atoms with Crippen LogP contribution >= 0.6 is 23.4 Å². The minimum Gasteiger partial charge on any atom is -0.327 e. The zero-order valence-electron chi connectivity index (χ0n) is 11.2. The molecular formula is C15H19ClN2S. The van der Waals surface area contributed by atoms with Gasteiger partial charge < -0.3 is 4.57 Å². The number of fused-ring (bicyclic) bond motifs is 1. The van der Waals surface area contributed by atoms with Crippen molar-refractivity contribution in [2.75, 3.05) is 11.6 Å². The topological polar surface area (TPSA) is 17.8 Å². The molecule has 1 unspecified atom stereocenters. The Morgan fingerprint density at radius 3 is 3.11 bits per heavy atom. The lowest BCUT2D eigenvalue weighted by Gasteiger charge is -2.13. The van der Waals surface area contributed by atoms with Gasteiger partial charge in [0, 0.05) is 24.1 Å². The summed E-state index contributed by atoms with van der Waals surface area (Å²) in [6.45, 7) is 3.22. The maximum Gasteiger partial charge on any atom is 0.111 e. The molecule has 1 aromatic heterocycles. The van der Waals surface area contributed by atoms with E-state index in [2.05, 4.69) is 41.5 Å². The minimum atomic E-state index is 0.639. The number of hydrogen-bond acceptors (Lipinski definition) is 2. The first kappa shape index (κ1) is 13.3. The number of imidazole rings is 1. The Kier molecular flexibility index (Phi) is 4.04. The lowest BCUT2D eigenvalue weighted by Crippen LogP contribution is -2.13. The second-order valence-corrected chi connectivity index (χ2v) is 6.99. The Morgan fingerprint density at radius 1 is 1.47 bits per heavy atom. The Morgan fingerprint density at radius 2 is 2.37 bits per heavy atom. The van der Waals surface area contributed by atoms with Crippen LogP contribution in [0.15, 0.2) is 18.2 Å². The fourth-order valence-electron chi connectivity index (χ4n) is 2.75. The van der Waals surface area contributed by atoms with Crippen molar-refractivity contribution in [3.63, 3.8) is 0 Å². The van der Waals surface area contributed by atoms with Gasteiger partial charge in [0.05, 0.1) is 11.0 Å². The lowest BCUT2D eigenvalue weighted by atomic mass is 10.2. The molecule has 19 heavy (non-hydrogen) atoms. The van der Waals surface area contributed by atoms with Gasteiger partial charge in [-0.3, -0.25) is 0 Å². The van der Waals surface area contributed by atoms with Crippen LogP contribution in [0.5, 0.6) is 0 Å². The number of aryl methyl sites for hydroxylation is 2. The molecule has 1 aliphatic rings. The molecular weight excluding hydrogens is 276 g/mol. The third-order valence-electron chi connectivity index (χ3n) is 3.71. The maximum absolute atomic E-state index is 5.92. The number of hydrogen-bond donors (Lipinski definition) is 0. The van der Waals surface area contributed by atoms with Crippen LogP contribution in [0.25, 0.3) is 11.0 Å². The Bertz CT molecular complexity index is 573. The molecule has 1 atom stereocenters. The average molecular weight is 295 g/mol. The summed E-state index contributed by atoms with van der Waals surface area (Å²) < 4.78 is 2.40. The molecule has 1 aliphatic heterocycles. The van der Waals surface area contributed by atoms with Crippen LogP contribution < -0.4 is 0 Å². The summed E-state index contributed by atoms with van der Waals surface area (Å²) in [4.78, 5) is 4.75. The highest BCUT2D eigenvalue weighted by atomic mass is 35.5. The summed E-state index contributed by atoms with van der Waals surface area (Å²) in [5.74, 6) is 3.09. The second kappa shape index (κ2) is 5.76. The molecule has 3 rings (SSSR count). The van der Waals surface area contributed by atoms with E-state index in [1.807, 2.05) is 0 Å². The highest BCUT2D eigenvalue weighted by molar-refractivity contribution is 8.00. The van der Waals surface area contributed by atoms with E-state index in [0.29, 0.717) is 5.88 Å². The van der Waals surface area contributed by atoms with Gasteiger partial charge >= 0.3 is 0 Å². The number of benzene rings is 1. The molecule has 1 fully saturated rings. The van der Waals surface area contributed by atoms with Crippen LogP contribution in [-0.2, 0) is 13.0 Å². The van der Waals surface area contributed by atoms with Gasteiger partial charge in [-0.05, 0) is 43.2 Å². The SMILES string of the molecule is Cc1ccc2nc(CCCl)n(CC3CCCS3)c2c1. The van der Waals surface area contributed by atoms with Crippen LogP contribution in [0.4, 0.5) is 0 Å². The molecule has 2 nitrogen and oxygen atoms in total. The van der Waals surface area contributed by atoms with E-state index in [0.717, 1.165) is 29.6 Å². The second-order valence-electron chi connectivity index (χ2n) is 5.20. The number of aromatic nitrogens is 2. The average Bonchev–Trinajstić information content (AvgIpc) is 3.00. The van der Waals surface area contributed by atoms with Gasteiger partial charge in [0.1, 0.15) is 5.82 Å². The van der Waals surface area contributed by atoms with Gasteiger partial charge in [-0.15, -0.1) is 11.6 Å². The van der Waals surface area contributed by atoms with Crippen LogP contribution in [0.3, 0.4) is 0 Å². The van der Waals surface area contributed by atoms with Crippen molar-refractivity contribution in [1.82, 2.24) is 9.55 Å². The molecule has 0 amide bonds. The Labute approximate surface area is 123 Å². The third-order valence-corrected chi connectivity index (χ3v) is 5.28. The number of halogens is 1. The Hall–Kier alpha value is -0.670. The molecule has 0 radical (unpaired) electrons. The molecule has 2 heterocycles.